The van der Waals surface area contributed by atoms with E-state index >= 15 is 0 Å². The van der Waals surface area contributed by atoms with E-state index in [4.69, 9.17) is 45.7 Å². The molecule has 0 amide bonds. The van der Waals surface area contributed by atoms with Crippen molar-refractivity contribution in [1.29, 1.82) is 0 Å². The summed E-state index contributed by atoms with van der Waals surface area (Å²) in [6.07, 6.45) is 6.11. The molecular weight excluding hydrogens is 467 g/mol. The maximum Gasteiger partial charge on any atom is 0.631 e. The van der Waals surface area contributed by atoms with Crippen LogP contribution in [0.5, 0.6) is 0 Å². The van der Waals surface area contributed by atoms with E-state index in [9.17, 15) is 0 Å². The van der Waals surface area contributed by atoms with E-state index in [2.05, 4.69) is 20.8 Å². The van der Waals surface area contributed by atoms with Gasteiger partial charge in [0.15, 0.2) is 0 Å². The Bertz CT molecular complexity index is 129. The van der Waals surface area contributed by atoms with Gasteiger partial charge in [-0.1, -0.05) is 40.0 Å². The molecule has 12 heteroatoms. The maximum atomic E-state index is 8.07. The summed E-state index contributed by atoms with van der Waals surface area (Å²) >= 11 is 0. The Labute approximate surface area is 215 Å². The molecule has 0 saturated heterocycles. The van der Waals surface area contributed by atoms with Gasteiger partial charge in [-0.3, -0.25) is 0 Å². The van der Waals surface area contributed by atoms with Crippen molar-refractivity contribution in [2.24, 2.45) is 0 Å². The Morgan fingerprint density at radius 3 is 0.533 bits per heavy atom. The average molecular weight is 518 g/mol. The van der Waals surface area contributed by atoms with E-state index in [1.165, 1.54) is 0 Å². The first-order valence-corrected chi connectivity index (χ1v) is 9.91. The van der Waals surface area contributed by atoms with Gasteiger partial charge in [-0.15, -0.1) is 0 Å². The zero-order valence-corrected chi connectivity index (χ0v) is 23.2. The van der Waals surface area contributed by atoms with E-state index in [0.29, 0.717) is 19.8 Å². The SMILES string of the molecule is CCCCO.CCCCO.CCCCO.CCO.CCO.CCO.OB(O)O.[Ti].[Ti]. The fraction of sp³-hybridized carbons (Fsp3) is 1.00. The monoisotopic (exact) mass is 518 g/mol. The summed E-state index contributed by atoms with van der Waals surface area (Å²) in [6, 6.07) is 0. The Kier molecular flexibility index (Phi) is 189. The van der Waals surface area contributed by atoms with Gasteiger partial charge in [0.1, 0.15) is 0 Å². The fourth-order valence-electron chi connectivity index (χ4n) is 0.474. The Balaban J connectivity index is -0.0000000245. The molecule has 0 aromatic carbocycles. The molecule has 0 heterocycles. The molecule has 0 aromatic rings. The van der Waals surface area contributed by atoms with Crippen LogP contribution in [0.15, 0.2) is 0 Å². The van der Waals surface area contributed by atoms with Gasteiger partial charge in [0.2, 0.25) is 0 Å². The number of aliphatic hydroxyl groups excluding tert-OH is 6. The summed E-state index contributed by atoms with van der Waals surface area (Å²) in [7, 11) is -2.17. The molecule has 9 nitrogen and oxygen atoms in total. The van der Waals surface area contributed by atoms with Gasteiger partial charge in [-0.25, -0.2) is 0 Å². The maximum absolute atomic E-state index is 8.07. The smallest absolute Gasteiger partial charge is 0.402 e. The van der Waals surface area contributed by atoms with Crippen LogP contribution < -0.4 is 0 Å². The van der Waals surface area contributed by atoms with Crippen molar-refractivity contribution in [2.45, 2.75) is 80.1 Å². The minimum absolute atomic E-state index is 0. The van der Waals surface area contributed by atoms with Gasteiger partial charge in [0, 0.05) is 83.1 Å². The van der Waals surface area contributed by atoms with Crippen molar-refractivity contribution >= 4 is 7.32 Å². The molecular formula is C18H51BO9Ti2. The van der Waals surface area contributed by atoms with Gasteiger partial charge in [-0.2, -0.15) is 0 Å². The second kappa shape index (κ2) is 98.3. The summed E-state index contributed by atoms with van der Waals surface area (Å²) in [4.78, 5) is 0. The van der Waals surface area contributed by atoms with Crippen molar-refractivity contribution in [3.05, 3.63) is 0 Å². The molecule has 30 heavy (non-hydrogen) atoms. The van der Waals surface area contributed by atoms with Crippen LogP contribution in [-0.4, -0.2) is 92.7 Å². The summed E-state index contributed by atoms with van der Waals surface area (Å²) < 4.78 is 0. The van der Waals surface area contributed by atoms with Gasteiger partial charge in [-0.05, 0) is 40.0 Å². The zero-order chi connectivity index (χ0) is 24.1. The van der Waals surface area contributed by atoms with Crippen molar-refractivity contribution in [2.75, 3.05) is 39.6 Å². The molecule has 0 atom stereocenters. The first-order valence-electron chi connectivity index (χ1n) is 9.91. The van der Waals surface area contributed by atoms with Crippen molar-refractivity contribution in [3.63, 3.8) is 0 Å². The number of rotatable bonds is 6. The predicted molar refractivity (Wildman–Crippen MR) is 117 cm³/mol. The standard InChI is InChI=1S/3C4H10O.3C2H6O.BH3O3.2Ti/c3*1-2-3-4-5;3*1-2-3;2-1(3)4;;/h3*5H,2-4H2,1H3;3*3H,2H2,1H3;2-4H;;. The molecule has 0 radical (unpaired) electrons. The number of hydrogen-bond donors (Lipinski definition) is 9. The van der Waals surface area contributed by atoms with Crippen molar-refractivity contribution in [1.82, 2.24) is 0 Å². The summed E-state index contributed by atoms with van der Waals surface area (Å²) in [6.45, 7) is 13.0. The fourth-order valence-corrected chi connectivity index (χ4v) is 0.474. The number of aliphatic hydroxyl groups is 6. The van der Waals surface area contributed by atoms with Crippen LogP contribution in [0.4, 0.5) is 0 Å². The third-order valence-electron chi connectivity index (χ3n) is 1.54. The van der Waals surface area contributed by atoms with Crippen molar-refractivity contribution < 1.29 is 89.1 Å². The molecule has 0 fully saturated rings. The third-order valence-corrected chi connectivity index (χ3v) is 1.54. The van der Waals surface area contributed by atoms with Gasteiger partial charge >= 0.3 is 7.32 Å². The molecule has 0 unspecified atom stereocenters. The van der Waals surface area contributed by atoms with E-state index in [1.807, 2.05) is 0 Å². The van der Waals surface area contributed by atoms with E-state index in [1.54, 1.807) is 20.8 Å². The van der Waals surface area contributed by atoms with Crippen LogP contribution in [-0.2, 0) is 43.4 Å². The average Bonchev–Trinajstić information content (AvgIpc) is 2.60. The molecule has 188 valence electrons. The van der Waals surface area contributed by atoms with Gasteiger partial charge < -0.3 is 45.7 Å². The predicted octanol–water partition coefficient (Wildman–Crippen LogP) is 0.275. The second-order valence-corrected chi connectivity index (χ2v) is 4.53. The summed E-state index contributed by atoms with van der Waals surface area (Å²) in [5.41, 5.74) is 0. The molecule has 0 spiro atoms. The van der Waals surface area contributed by atoms with Crippen molar-refractivity contribution in [3.8, 4) is 0 Å². The minimum Gasteiger partial charge on any atom is -0.402 e. The first kappa shape index (κ1) is 57.7. The first-order chi connectivity index (χ1) is 13.2. The molecule has 0 aliphatic carbocycles. The third kappa shape index (κ3) is 453. The van der Waals surface area contributed by atoms with E-state index < -0.39 is 7.32 Å². The van der Waals surface area contributed by atoms with E-state index in [-0.39, 0.29) is 63.3 Å². The van der Waals surface area contributed by atoms with Crippen LogP contribution in [0.1, 0.15) is 80.1 Å². The molecule has 0 rings (SSSR count). The second-order valence-electron chi connectivity index (χ2n) is 4.53. The van der Waals surface area contributed by atoms with E-state index in [0.717, 1.165) is 38.5 Å². The zero-order valence-electron chi connectivity index (χ0n) is 20.1. The number of unbranched alkanes of at least 4 members (excludes halogenated alkanes) is 3. The molecule has 0 aliphatic heterocycles. The quantitative estimate of drug-likeness (QED) is 0.223. The molecule has 0 aliphatic rings. The van der Waals surface area contributed by atoms with Gasteiger partial charge in [0.25, 0.3) is 0 Å². The molecule has 9 N–H and O–H groups in total. The normalized spacial score (nSPS) is 6.90. The summed E-state index contributed by atoms with van der Waals surface area (Å²) in [5, 5.41) is 68.4. The largest absolute Gasteiger partial charge is 0.631 e. The van der Waals surface area contributed by atoms with Crippen LogP contribution in [0, 0.1) is 0 Å². The Morgan fingerprint density at radius 2 is 0.533 bits per heavy atom. The Morgan fingerprint density at radius 1 is 0.433 bits per heavy atom. The topological polar surface area (TPSA) is 182 Å². The molecule has 0 saturated carbocycles. The van der Waals surface area contributed by atoms with Crippen LogP contribution in [0.25, 0.3) is 0 Å². The molecule has 0 aromatic heterocycles. The van der Waals surface area contributed by atoms with Crippen LogP contribution in [0.2, 0.25) is 0 Å². The Hall–Kier alpha value is 1.13. The van der Waals surface area contributed by atoms with Crippen LogP contribution in [0.3, 0.4) is 0 Å². The van der Waals surface area contributed by atoms with Crippen LogP contribution >= 0.6 is 0 Å². The minimum atomic E-state index is -2.17. The molecule has 0 bridgehead atoms. The number of hydrogen-bond acceptors (Lipinski definition) is 9. The summed E-state index contributed by atoms with van der Waals surface area (Å²) in [5.74, 6) is 0. The van der Waals surface area contributed by atoms with Gasteiger partial charge in [0.05, 0.1) is 0 Å².